The largest absolute Gasteiger partial charge is 0.452 e. The van der Waals surface area contributed by atoms with E-state index in [1.165, 1.54) is 0 Å². The number of carbonyl (C=O) groups is 2. The van der Waals surface area contributed by atoms with Gasteiger partial charge in [0.2, 0.25) is 0 Å². The van der Waals surface area contributed by atoms with Crippen LogP contribution in [0.3, 0.4) is 0 Å². The Hall–Kier alpha value is -2.34. The van der Waals surface area contributed by atoms with Crippen LogP contribution in [0.5, 0.6) is 0 Å². The lowest BCUT2D eigenvalue weighted by Crippen LogP contribution is -2.21. The maximum atomic E-state index is 11.9. The van der Waals surface area contributed by atoms with Crippen molar-refractivity contribution in [1.82, 2.24) is 0 Å². The number of anilines is 2. The summed E-state index contributed by atoms with van der Waals surface area (Å²) in [5, 5.41) is 2.67. The van der Waals surface area contributed by atoms with Crippen LogP contribution >= 0.6 is 15.9 Å². The number of hydrogen-bond acceptors (Lipinski definition) is 4. The summed E-state index contributed by atoms with van der Waals surface area (Å²) in [5.41, 5.74) is 2.02. The molecule has 0 aliphatic rings. The van der Waals surface area contributed by atoms with Crippen molar-refractivity contribution in [3.63, 3.8) is 0 Å². The lowest BCUT2D eigenvalue weighted by Gasteiger charge is -2.12. The van der Waals surface area contributed by atoms with E-state index < -0.39 is 11.9 Å². The molecule has 1 amide bonds. The smallest absolute Gasteiger partial charge is 0.338 e. The minimum atomic E-state index is -0.530. The maximum absolute atomic E-state index is 11.9. The molecule has 0 aromatic heterocycles. The van der Waals surface area contributed by atoms with E-state index in [-0.39, 0.29) is 6.61 Å². The van der Waals surface area contributed by atoms with E-state index in [0.717, 1.165) is 10.2 Å². The van der Waals surface area contributed by atoms with E-state index in [1.807, 2.05) is 43.3 Å². The van der Waals surface area contributed by atoms with Gasteiger partial charge in [-0.05, 0) is 52.3 Å². The van der Waals surface area contributed by atoms with Crippen LogP contribution < -0.4 is 10.2 Å². The monoisotopic (exact) mass is 376 g/mol. The third kappa shape index (κ3) is 4.82. The Labute approximate surface area is 143 Å². The Balaban J connectivity index is 1.88. The molecular formula is C17H17BrN2O3. The Morgan fingerprint density at radius 1 is 1.09 bits per heavy atom. The molecule has 23 heavy (non-hydrogen) atoms. The first-order valence-electron chi connectivity index (χ1n) is 6.96. The van der Waals surface area contributed by atoms with Crippen molar-refractivity contribution in [2.75, 3.05) is 30.9 Å². The van der Waals surface area contributed by atoms with Gasteiger partial charge in [0.15, 0.2) is 6.61 Å². The van der Waals surface area contributed by atoms with Gasteiger partial charge in [0.25, 0.3) is 5.91 Å². The summed E-state index contributed by atoms with van der Waals surface area (Å²) in [5.74, 6) is -0.923. The molecule has 0 aliphatic carbocycles. The molecule has 0 bridgehead atoms. The second-order valence-electron chi connectivity index (χ2n) is 5.05. The number of carbonyl (C=O) groups excluding carboxylic acids is 2. The van der Waals surface area contributed by atoms with Crippen molar-refractivity contribution in [1.29, 1.82) is 0 Å². The predicted octanol–water partition coefficient (Wildman–Crippen LogP) is 3.31. The third-order valence-electron chi connectivity index (χ3n) is 3.10. The highest BCUT2D eigenvalue weighted by Gasteiger charge is 2.11. The number of para-hydroxylation sites is 1. The number of halogens is 1. The number of nitrogens with one attached hydrogen (secondary N) is 1. The number of nitrogens with zero attached hydrogens (tertiary/aromatic N) is 1. The van der Waals surface area contributed by atoms with Crippen LogP contribution in [0.4, 0.5) is 11.4 Å². The van der Waals surface area contributed by atoms with Gasteiger partial charge in [-0.3, -0.25) is 4.79 Å². The zero-order valence-electron chi connectivity index (χ0n) is 12.9. The van der Waals surface area contributed by atoms with Crippen molar-refractivity contribution in [2.24, 2.45) is 0 Å². The minimum Gasteiger partial charge on any atom is -0.452 e. The number of amides is 1. The quantitative estimate of drug-likeness (QED) is 0.813. The predicted molar refractivity (Wildman–Crippen MR) is 93.8 cm³/mol. The van der Waals surface area contributed by atoms with Gasteiger partial charge in [-0.1, -0.05) is 12.1 Å². The van der Waals surface area contributed by atoms with Gasteiger partial charge in [0.1, 0.15) is 0 Å². The highest BCUT2D eigenvalue weighted by molar-refractivity contribution is 9.10. The van der Waals surface area contributed by atoms with Crippen LogP contribution in [0.1, 0.15) is 10.4 Å². The summed E-state index contributed by atoms with van der Waals surface area (Å²) >= 11 is 3.33. The van der Waals surface area contributed by atoms with Crippen LogP contribution in [0, 0.1) is 0 Å². The van der Waals surface area contributed by atoms with Crippen molar-refractivity contribution in [3.8, 4) is 0 Å². The molecule has 5 nitrogen and oxygen atoms in total. The fourth-order valence-corrected chi connectivity index (χ4v) is 2.24. The molecule has 0 fully saturated rings. The van der Waals surface area contributed by atoms with Crippen LogP contribution in [-0.2, 0) is 9.53 Å². The number of esters is 1. The standard InChI is InChI=1S/C17H17BrN2O3/c1-20(2)13-9-7-12(8-10-13)17(22)23-11-16(21)19-15-6-4-3-5-14(15)18/h3-10H,11H2,1-2H3,(H,19,21). The molecule has 0 aliphatic heterocycles. The molecule has 0 saturated carbocycles. The molecular weight excluding hydrogens is 360 g/mol. The number of rotatable bonds is 5. The molecule has 0 unspecified atom stereocenters. The van der Waals surface area contributed by atoms with Gasteiger partial charge in [0.05, 0.1) is 11.3 Å². The fraction of sp³-hybridized carbons (Fsp3) is 0.176. The Bertz CT molecular complexity index is 699. The molecule has 120 valence electrons. The molecule has 2 rings (SSSR count). The van der Waals surface area contributed by atoms with Crippen molar-refractivity contribution in [3.05, 3.63) is 58.6 Å². The van der Waals surface area contributed by atoms with Gasteiger partial charge >= 0.3 is 5.97 Å². The number of hydrogen-bond donors (Lipinski definition) is 1. The van der Waals surface area contributed by atoms with Gasteiger partial charge < -0.3 is 15.0 Å². The minimum absolute atomic E-state index is 0.338. The molecule has 0 radical (unpaired) electrons. The van der Waals surface area contributed by atoms with E-state index in [4.69, 9.17) is 4.74 Å². The lowest BCUT2D eigenvalue weighted by atomic mass is 10.2. The summed E-state index contributed by atoms with van der Waals surface area (Å²) in [4.78, 5) is 25.7. The summed E-state index contributed by atoms with van der Waals surface area (Å²) < 4.78 is 5.79. The van der Waals surface area contributed by atoms with E-state index in [0.29, 0.717) is 11.3 Å². The third-order valence-corrected chi connectivity index (χ3v) is 3.79. The van der Waals surface area contributed by atoms with Crippen LogP contribution in [0.15, 0.2) is 53.0 Å². The molecule has 1 N–H and O–H groups in total. The molecule has 6 heteroatoms. The van der Waals surface area contributed by atoms with E-state index >= 15 is 0 Å². The zero-order chi connectivity index (χ0) is 16.8. The van der Waals surface area contributed by atoms with E-state index in [9.17, 15) is 9.59 Å². The highest BCUT2D eigenvalue weighted by atomic mass is 79.9. The van der Waals surface area contributed by atoms with E-state index in [1.54, 1.807) is 24.3 Å². The summed E-state index contributed by atoms with van der Waals surface area (Å²) in [6.07, 6.45) is 0. The van der Waals surface area contributed by atoms with Crippen LogP contribution in [0.2, 0.25) is 0 Å². The van der Waals surface area contributed by atoms with Gasteiger partial charge in [0, 0.05) is 24.3 Å². The second kappa shape index (κ2) is 7.78. The normalized spacial score (nSPS) is 10.0. The molecule has 2 aromatic carbocycles. The first-order chi connectivity index (χ1) is 11.0. The van der Waals surface area contributed by atoms with Gasteiger partial charge in [-0.2, -0.15) is 0 Å². The maximum Gasteiger partial charge on any atom is 0.338 e. The first-order valence-corrected chi connectivity index (χ1v) is 7.75. The zero-order valence-corrected chi connectivity index (χ0v) is 14.5. The van der Waals surface area contributed by atoms with Crippen LogP contribution in [0.25, 0.3) is 0 Å². The highest BCUT2D eigenvalue weighted by Crippen LogP contribution is 2.21. The van der Waals surface area contributed by atoms with E-state index in [2.05, 4.69) is 21.2 Å². The van der Waals surface area contributed by atoms with Crippen molar-refractivity contribution < 1.29 is 14.3 Å². The van der Waals surface area contributed by atoms with Crippen molar-refractivity contribution in [2.45, 2.75) is 0 Å². The number of benzene rings is 2. The van der Waals surface area contributed by atoms with Crippen LogP contribution in [-0.4, -0.2) is 32.6 Å². The molecule has 0 saturated heterocycles. The molecule has 0 atom stereocenters. The average Bonchev–Trinajstić information content (AvgIpc) is 2.55. The molecule has 0 heterocycles. The Morgan fingerprint density at radius 3 is 2.35 bits per heavy atom. The summed E-state index contributed by atoms with van der Waals surface area (Å²) in [6.45, 7) is -0.338. The summed E-state index contributed by atoms with van der Waals surface area (Å²) in [7, 11) is 3.83. The molecule has 0 spiro atoms. The SMILES string of the molecule is CN(C)c1ccc(C(=O)OCC(=O)Nc2ccccc2Br)cc1. The topological polar surface area (TPSA) is 58.6 Å². The average molecular weight is 377 g/mol. The summed E-state index contributed by atoms with van der Waals surface area (Å²) in [6, 6.07) is 14.2. The van der Waals surface area contributed by atoms with Gasteiger partial charge in [-0.25, -0.2) is 4.79 Å². The van der Waals surface area contributed by atoms with Gasteiger partial charge in [-0.15, -0.1) is 0 Å². The van der Waals surface area contributed by atoms with Crippen molar-refractivity contribution >= 4 is 39.2 Å². The Kier molecular flexibility index (Phi) is 5.76. The number of ether oxygens (including phenoxy) is 1. The lowest BCUT2D eigenvalue weighted by molar-refractivity contribution is -0.119. The Morgan fingerprint density at radius 2 is 1.74 bits per heavy atom. The first kappa shape index (κ1) is 17.0. The fourth-order valence-electron chi connectivity index (χ4n) is 1.86. The second-order valence-corrected chi connectivity index (χ2v) is 5.90. The molecule has 2 aromatic rings.